The van der Waals surface area contributed by atoms with Crippen LogP contribution in [0.5, 0.6) is 5.75 Å². The molecule has 1 fully saturated rings. The largest absolute Gasteiger partial charge is 0.479 e. The first-order valence-electron chi connectivity index (χ1n) is 11.6. The lowest BCUT2D eigenvalue weighted by molar-refractivity contribution is -0.125. The van der Waals surface area contributed by atoms with Crippen LogP contribution in [0.15, 0.2) is 36.5 Å². The number of nitrogen functional groups attached to an aromatic ring is 1. The van der Waals surface area contributed by atoms with Crippen molar-refractivity contribution < 1.29 is 9.53 Å². The number of rotatable bonds is 4. The molecule has 1 aromatic carbocycles. The number of imidazole rings is 1. The minimum Gasteiger partial charge on any atom is -0.479 e. The van der Waals surface area contributed by atoms with Crippen LogP contribution in [0.25, 0.3) is 16.9 Å². The summed E-state index contributed by atoms with van der Waals surface area (Å²) in [5.41, 5.74) is 11.4. The average Bonchev–Trinajstić information content (AvgIpc) is 3.15. The van der Waals surface area contributed by atoms with Crippen molar-refractivity contribution in [1.82, 2.24) is 19.2 Å². The Kier molecular flexibility index (Phi) is 5.50. The van der Waals surface area contributed by atoms with E-state index in [9.17, 15) is 4.79 Å². The number of hydrogen-bond acceptors (Lipinski definition) is 6. The van der Waals surface area contributed by atoms with E-state index in [1.54, 1.807) is 18.9 Å². The lowest BCUT2D eigenvalue weighted by Gasteiger charge is -2.35. The number of likely N-dealkylation sites (N-methyl/N-ethyl adjacent to an activating group) is 1. The number of anilines is 2. The highest BCUT2D eigenvalue weighted by Crippen LogP contribution is 2.38. The number of carbonyl (C=O) groups is 1. The number of nitrogens with two attached hydrogens (primary N) is 1. The fourth-order valence-electron chi connectivity index (χ4n) is 4.95. The standard InChI is InChI=1S/C25H32N6O2/c1-16-25(32)30(4)20-13-17(5-7-22(20)33-16)24-21(31-14-18(26)6-8-23(31)27-24)15-29(3)19-9-11-28(2)12-10-19/h5-8,13-14,16,19H,9-12,15,26H2,1-4H3. The number of carbonyl (C=O) groups excluding carboxylic acids is 1. The van der Waals surface area contributed by atoms with Gasteiger partial charge in [-0.2, -0.15) is 0 Å². The monoisotopic (exact) mass is 448 g/mol. The maximum atomic E-state index is 12.5. The summed E-state index contributed by atoms with van der Waals surface area (Å²) in [6.45, 7) is 4.77. The Morgan fingerprint density at radius 2 is 1.94 bits per heavy atom. The van der Waals surface area contributed by atoms with Gasteiger partial charge >= 0.3 is 0 Å². The van der Waals surface area contributed by atoms with E-state index in [-0.39, 0.29) is 5.91 Å². The molecule has 0 bridgehead atoms. The van der Waals surface area contributed by atoms with Crippen molar-refractivity contribution >= 4 is 22.9 Å². The van der Waals surface area contributed by atoms with Gasteiger partial charge in [-0.15, -0.1) is 0 Å². The number of amides is 1. The molecule has 0 radical (unpaired) electrons. The van der Waals surface area contributed by atoms with Crippen LogP contribution >= 0.6 is 0 Å². The number of pyridine rings is 1. The van der Waals surface area contributed by atoms with Gasteiger partial charge in [0.05, 0.1) is 17.1 Å². The first kappa shape index (κ1) is 21.7. The van der Waals surface area contributed by atoms with Gasteiger partial charge in [0.15, 0.2) is 6.10 Å². The van der Waals surface area contributed by atoms with Crippen LogP contribution < -0.4 is 15.4 Å². The number of ether oxygens (including phenoxy) is 1. The van der Waals surface area contributed by atoms with Crippen molar-refractivity contribution in [1.29, 1.82) is 0 Å². The first-order valence-corrected chi connectivity index (χ1v) is 11.6. The van der Waals surface area contributed by atoms with Crippen molar-refractivity contribution in [3.8, 4) is 17.0 Å². The van der Waals surface area contributed by atoms with Gasteiger partial charge in [0.2, 0.25) is 0 Å². The summed E-state index contributed by atoms with van der Waals surface area (Å²) in [5, 5.41) is 0. The van der Waals surface area contributed by atoms with Crippen LogP contribution in [0, 0.1) is 0 Å². The van der Waals surface area contributed by atoms with Gasteiger partial charge < -0.3 is 24.7 Å². The van der Waals surface area contributed by atoms with E-state index in [0.717, 1.165) is 60.8 Å². The fourth-order valence-corrected chi connectivity index (χ4v) is 4.95. The highest BCUT2D eigenvalue weighted by Gasteiger charge is 2.30. The SMILES string of the molecule is CC1Oc2ccc(-c3nc4ccc(N)cn4c3CN(C)C3CCN(C)CC3)cc2N(C)C1=O. The second-order valence-electron chi connectivity index (χ2n) is 9.39. The van der Waals surface area contributed by atoms with E-state index in [0.29, 0.717) is 17.5 Å². The minimum atomic E-state index is -0.481. The molecule has 1 atom stereocenters. The highest BCUT2D eigenvalue weighted by atomic mass is 16.5. The van der Waals surface area contributed by atoms with Crippen LogP contribution in [0.1, 0.15) is 25.5 Å². The predicted octanol–water partition coefficient (Wildman–Crippen LogP) is 2.85. The summed E-state index contributed by atoms with van der Waals surface area (Å²) in [7, 11) is 6.17. The molecule has 1 saturated heterocycles. The molecule has 4 heterocycles. The van der Waals surface area contributed by atoms with Crippen molar-refractivity contribution in [3.63, 3.8) is 0 Å². The highest BCUT2D eigenvalue weighted by molar-refractivity contribution is 6.00. The molecule has 174 valence electrons. The Bertz CT molecular complexity index is 1200. The van der Waals surface area contributed by atoms with Gasteiger partial charge in [-0.25, -0.2) is 4.98 Å². The van der Waals surface area contributed by atoms with E-state index in [4.69, 9.17) is 15.5 Å². The molecule has 3 aromatic rings. The number of aromatic nitrogens is 2. The zero-order valence-electron chi connectivity index (χ0n) is 19.8. The van der Waals surface area contributed by atoms with E-state index in [2.05, 4.69) is 28.3 Å². The molecule has 5 rings (SSSR count). The summed E-state index contributed by atoms with van der Waals surface area (Å²) < 4.78 is 7.92. The van der Waals surface area contributed by atoms with E-state index < -0.39 is 6.10 Å². The second kappa shape index (κ2) is 8.35. The number of benzene rings is 1. The van der Waals surface area contributed by atoms with Gasteiger partial charge in [-0.05, 0) is 77.3 Å². The third-order valence-electron chi connectivity index (χ3n) is 7.03. The van der Waals surface area contributed by atoms with Crippen LogP contribution in [-0.2, 0) is 11.3 Å². The molecule has 8 heteroatoms. The zero-order valence-corrected chi connectivity index (χ0v) is 19.8. The maximum Gasteiger partial charge on any atom is 0.267 e. The molecule has 2 aliphatic heterocycles. The summed E-state index contributed by atoms with van der Waals surface area (Å²) >= 11 is 0. The van der Waals surface area contributed by atoms with Crippen molar-refractivity contribution in [3.05, 3.63) is 42.2 Å². The van der Waals surface area contributed by atoms with E-state index >= 15 is 0 Å². The predicted molar refractivity (Wildman–Crippen MR) is 131 cm³/mol. The summed E-state index contributed by atoms with van der Waals surface area (Å²) in [6.07, 6.45) is 3.78. The third-order valence-corrected chi connectivity index (χ3v) is 7.03. The molecule has 0 saturated carbocycles. The Morgan fingerprint density at radius 1 is 1.18 bits per heavy atom. The number of nitrogens with zero attached hydrogens (tertiary/aromatic N) is 5. The number of fused-ring (bicyclic) bond motifs is 2. The van der Waals surface area contributed by atoms with E-state index in [1.165, 1.54) is 0 Å². The zero-order chi connectivity index (χ0) is 23.3. The first-order chi connectivity index (χ1) is 15.8. The Balaban J connectivity index is 1.55. The number of hydrogen-bond donors (Lipinski definition) is 1. The molecule has 2 N–H and O–H groups in total. The quantitative estimate of drug-likeness (QED) is 0.661. The summed E-state index contributed by atoms with van der Waals surface area (Å²) in [6, 6.07) is 10.3. The molecule has 0 aliphatic carbocycles. The fraction of sp³-hybridized carbons (Fsp3) is 0.440. The molecular formula is C25H32N6O2. The molecule has 1 unspecified atom stereocenters. The Morgan fingerprint density at radius 3 is 2.70 bits per heavy atom. The third kappa shape index (κ3) is 3.94. The molecule has 0 spiro atoms. The molecule has 1 amide bonds. The smallest absolute Gasteiger partial charge is 0.267 e. The van der Waals surface area contributed by atoms with Crippen LogP contribution in [0.3, 0.4) is 0 Å². The molecule has 2 aliphatic rings. The van der Waals surface area contributed by atoms with Crippen molar-refractivity contribution in [2.75, 3.05) is 44.9 Å². The van der Waals surface area contributed by atoms with Crippen molar-refractivity contribution in [2.24, 2.45) is 0 Å². The van der Waals surface area contributed by atoms with Crippen LogP contribution in [-0.4, -0.2) is 71.5 Å². The Hall–Kier alpha value is -3.10. The molecular weight excluding hydrogens is 416 g/mol. The normalized spacial score (nSPS) is 19.8. The maximum absolute atomic E-state index is 12.5. The number of piperidine rings is 1. The van der Waals surface area contributed by atoms with E-state index in [1.807, 2.05) is 36.5 Å². The molecule has 8 nitrogen and oxygen atoms in total. The van der Waals surface area contributed by atoms with Gasteiger partial charge in [0, 0.05) is 37.1 Å². The summed E-state index contributed by atoms with van der Waals surface area (Å²) in [4.78, 5) is 23.9. The minimum absolute atomic E-state index is 0.0513. The lowest BCUT2D eigenvalue weighted by Crippen LogP contribution is -2.42. The van der Waals surface area contributed by atoms with Gasteiger partial charge in [-0.1, -0.05) is 0 Å². The lowest BCUT2D eigenvalue weighted by atomic mass is 10.0. The second-order valence-corrected chi connectivity index (χ2v) is 9.39. The molecule has 2 aromatic heterocycles. The van der Waals surface area contributed by atoms with Gasteiger partial charge in [-0.3, -0.25) is 9.69 Å². The number of likely N-dealkylation sites (tertiary alicyclic amines) is 1. The van der Waals surface area contributed by atoms with Crippen molar-refractivity contribution in [2.45, 2.75) is 38.5 Å². The molecule has 33 heavy (non-hydrogen) atoms. The topological polar surface area (TPSA) is 79.3 Å². The Labute approximate surface area is 194 Å². The van der Waals surface area contributed by atoms with Crippen LogP contribution in [0.4, 0.5) is 11.4 Å². The van der Waals surface area contributed by atoms with Gasteiger partial charge in [0.25, 0.3) is 5.91 Å². The average molecular weight is 449 g/mol. The van der Waals surface area contributed by atoms with Gasteiger partial charge in [0.1, 0.15) is 11.4 Å². The van der Waals surface area contributed by atoms with Crippen LogP contribution in [0.2, 0.25) is 0 Å². The summed E-state index contributed by atoms with van der Waals surface area (Å²) in [5.74, 6) is 0.663.